The second-order valence-electron chi connectivity index (χ2n) is 4.48. The third kappa shape index (κ3) is 2.22. The summed E-state index contributed by atoms with van der Waals surface area (Å²) in [6, 6.07) is 4.69. The molecule has 0 atom stereocenters. The fourth-order valence-corrected chi connectivity index (χ4v) is 2.06. The SMILES string of the molecule is C=CC(=O)Nc1cc(-c2n[nH]c3ncnc(N)c23)ccc1O. The first-order valence-corrected chi connectivity index (χ1v) is 6.31. The van der Waals surface area contributed by atoms with Gasteiger partial charge in [0.15, 0.2) is 5.65 Å². The van der Waals surface area contributed by atoms with Crippen molar-refractivity contribution in [1.29, 1.82) is 0 Å². The number of anilines is 2. The molecule has 1 aromatic carbocycles. The molecule has 0 fully saturated rings. The summed E-state index contributed by atoms with van der Waals surface area (Å²) in [5.74, 6) is -0.205. The Morgan fingerprint density at radius 2 is 2.23 bits per heavy atom. The van der Waals surface area contributed by atoms with Crippen molar-refractivity contribution in [2.24, 2.45) is 0 Å². The summed E-state index contributed by atoms with van der Waals surface area (Å²) in [7, 11) is 0. The highest BCUT2D eigenvalue weighted by Gasteiger charge is 2.14. The molecule has 2 aromatic heterocycles. The van der Waals surface area contributed by atoms with E-state index in [9.17, 15) is 9.90 Å². The van der Waals surface area contributed by atoms with Gasteiger partial charge in [-0.05, 0) is 24.3 Å². The third-order valence-corrected chi connectivity index (χ3v) is 3.10. The van der Waals surface area contributed by atoms with Gasteiger partial charge in [-0.1, -0.05) is 6.58 Å². The molecule has 1 amide bonds. The molecule has 0 unspecified atom stereocenters. The molecule has 0 saturated carbocycles. The first-order chi connectivity index (χ1) is 10.6. The number of amides is 1. The fraction of sp³-hybridized carbons (Fsp3) is 0. The van der Waals surface area contributed by atoms with Crippen molar-refractivity contribution in [3.63, 3.8) is 0 Å². The highest BCUT2D eigenvalue weighted by molar-refractivity contribution is 6.02. The molecule has 5 N–H and O–H groups in total. The molecule has 0 aliphatic rings. The van der Waals surface area contributed by atoms with Gasteiger partial charge in [-0.3, -0.25) is 9.89 Å². The molecule has 0 aliphatic carbocycles. The zero-order valence-corrected chi connectivity index (χ0v) is 11.4. The lowest BCUT2D eigenvalue weighted by Crippen LogP contribution is -2.07. The molecular formula is C14H12N6O2. The number of nitrogens with two attached hydrogens (primary N) is 1. The van der Waals surface area contributed by atoms with Gasteiger partial charge < -0.3 is 16.2 Å². The van der Waals surface area contributed by atoms with E-state index in [1.54, 1.807) is 12.1 Å². The number of nitrogens with zero attached hydrogens (tertiary/aromatic N) is 3. The van der Waals surface area contributed by atoms with Crippen molar-refractivity contribution in [3.8, 4) is 17.0 Å². The van der Waals surface area contributed by atoms with Gasteiger partial charge >= 0.3 is 0 Å². The fourth-order valence-electron chi connectivity index (χ4n) is 2.06. The predicted molar refractivity (Wildman–Crippen MR) is 82.0 cm³/mol. The Bertz CT molecular complexity index is 886. The number of hydrogen-bond donors (Lipinski definition) is 4. The number of rotatable bonds is 3. The van der Waals surface area contributed by atoms with Crippen LogP contribution in [-0.2, 0) is 4.79 Å². The Kier molecular flexibility index (Phi) is 3.18. The average molecular weight is 296 g/mol. The number of aromatic amines is 1. The van der Waals surface area contributed by atoms with Crippen LogP contribution in [0.4, 0.5) is 11.5 Å². The lowest BCUT2D eigenvalue weighted by Gasteiger charge is -2.07. The van der Waals surface area contributed by atoms with Gasteiger partial charge in [0.25, 0.3) is 0 Å². The second kappa shape index (κ2) is 5.17. The van der Waals surface area contributed by atoms with Crippen LogP contribution in [0.3, 0.4) is 0 Å². The first kappa shape index (κ1) is 13.6. The Labute approximate surface area is 124 Å². The predicted octanol–water partition coefficient (Wildman–Crippen LogP) is 1.43. The van der Waals surface area contributed by atoms with Crippen LogP contribution in [0, 0.1) is 0 Å². The molecular weight excluding hydrogens is 284 g/mol. The maximum Gasteiger partial charge on any atom is 0.247 e. The summed E-state index contributed by atoms with van der Waals surface area (Å²) in [4.78, 5) is 19.4. The Balaban J connectivity index is 2.13. The molecule has 22 heavy (non-hydrogen) atoms. The van der Waals surface area contributed by atoms with Gasteiger partial charge in [0.2, 0.25) is 5.91 Å². The van der Waals surface area contributed by atoms with Crippen LogP contribution >= 0.6 is 0 Å². The minimum absolute atomic E-state index is 0.0667. The quantitative estimate of drug-likeness (QED) is 0.427. The van der Waals surface area contributed by atoms with E-state index in [-0.39, 0.29) is 11.4 Å². The molecule has 3 aromatic rings. The topological polar surface area (TPSA) is 130 Å². The summed E-state index contributed by atoms with van der Waals surface area (Å²) in [5.41, 5.74) is 7.79. The van der Waals surface area contributed by atoms with E-state index in [4.69, 9.17) is 5.73 Å². The number of aromatic nitrogens is 4. The first-order valence-electron chi connectivity index (χ1n) is 6.31. The smallest absolute Gasteiger partial charge is 0.247 e. The summed E-state index contributed by atoms with van der Waals surface area (Å²) in [5, 5.41) is 19.9. The Morgan fingerprint density at radius 1 is 1.41 bits per heavy atom. The molecule has 110 valence electrons. The van der Waals surface area contributed by atoms with Crippen LogP contribution in [0.2, 0.25) is 0 Å². The molecule has 0 aliphatic heterocycles. The number of benzene rings is 1. The number of hydrogen-bond acceptors (Lipinski definition) is 6. The van der Waals surface area contributed by atoms with E-state index in [0.29, 0.717) is 28.1 Å². The molecule has 0 saturated heterocycles. The normalized spacial score (nSPS) is 10.5. The van der Waals surface area contributed by atoms with Crippen molar-refractivity contribution in [1.82, 2.24) is 20.2 Å². The maximum absolute atomic E-state index is 11.4. The summed E-state index contributed by atoms with van der Waals surface area (Å²) in [6.07, 6.45) is 2.45. The molecule has 8 heteroatoms. The highest BCUT2D eigenvalue weighted by atomic mass is 16.3. The van der Waals surface area contributed by atoms with Crippen molar-refractivity contribution in [2.45, 2.75) is 0 Å². The number of phenolic OH excluding ortho intramolecular Hbond substituents is 1. The lowest BCUT2D eigenvalue weighted by molar-refractivity contribution is -0.111. The number of nitrogen functional groups attached to an aromatic ring is 1. The van der Waals surface area contributed by atoms with Crippen molar-refractivity contribution in [2.75, 3.05) is 11.1 Å². The molecule has 2 heterocycles. The average Bonchev–Trinajstić information content (AvgIpc) is 2.95. The Hall–Kier alpha value is -3.42. The molecule has 0 radical (unpaired) electrons. The largest absolute Gasteiger partial charge is 0.506 e. The third-order valence-electron chi connectivity index (χ3n) is 3.10. The van der Waals surface area contributed by atoms with E-state index in [1.165, 1.54) is 12.4 Å². The van der Waals surface area contributed by atoms with E-state index in [1.807, 2.05) is 0 Å². The monoisotopic (exact) mass is 296 g/mol. The standard InChI is InChI=1S/C14H12N6O2/c1-2-10(22)18-8-5-7(3-4-9(8)21)12-11-13(15)16-6-17-14(11)20-19-12/h2-6,21H,1H2,(H,18,22)(H3,15,16,17,19,20). The van der Waals surface area contributed by atoms with Crippen LogP contribution in [0.1, 0.15) is 0 Å². The van der Waals surface area contributed by atoms with Gasteiger partial charge in [0.1, 0.15) is 23.6 Å². The van der Waals surface area contributed by atoms with Gasteiger partial charge in [-0.15, -0.1) is 0 Å². The van der Waals surface area contributed by atoms with E-state index >= 15 is 0 Å². The number of phenols is 1. The zero-order valence-electron chi connectivity index (χ0n) is 11.4. The van der Waals surface area contributed by atoms with E-state index < -0.39 is 5.91 Å². The second-order valence-corrected chi connectivity index (χ2v) is 4.48. The molecule has 3 rings (SSSR count). The number of fused-ring (bicyclic) bond motifs is 1. The highest BCUT2D eigenvalue weighted by Crippen LogP contribution is 2.33. The van der Waals surface area contributed by atoms with Crippen LogP contribution in [-0.4, -0.2) is 31.2 Å². The van der Waals surface area contributed by atoms with E-state index in [2.05, 4.69) is 32.1 Å². The van der Waals surface area contributed by atoms with Gasteiger partial charge in [0.05, 0.1) is 11.1 Å². The van der Waals surface area contributed by atoms with E-state index in [0.717, 1.165) is 6.08 Å². The van der Waals surface area contributed by atoms with Gasteiger partial charge in [-0.2, -0.15) is 5.10 Å². The van der Waals surface area contributed by atoms with Crippen LogP contribution < -0.4 is 11.1 Å². The Morgan fingerprint density at radius 3 is 3.00 bits per heavy atom. The molecule has 0 bridgehead atoms. The number of H-pyrrole nitrogens is 1. The maximum atomic E-state index is 11.4. The van der Waals surface area contributed by atoms with Gasteiger partial charge in [0, 0.05) is 5.56 Å². The van der Waals surface area contributed by atoms with Crippen LogP contribution in [0.15, 0.2) is 37.2 Å². The zero-order chi connectivity index (χ0) is 15.7. The van der Waals surface area contributed by atoms with Crippen LogP contribution in [0.25, 0.3) is 22.3 Å². The van der Waals surface area contributed by atoms with Crippen molar-refractivity contribution >= 4 is 28.4 Å². The number of carbonyl (C=O) groups excluding carboxylic acids is 1. The summed E-state index contributed by atoms with van der Waals surface area (Å²) in [6.45, 7) is 3.37. The lowest BCUT2D eigenvalue weighted by atomic mass is 10.1. The minimum Gasteiger partial charge on any atom is -0.506 e. The number of aromatic hydroxyl groups is 1. The number of nitrogens with one attached hydrogen (secondary N) is 2. The molecule has 0 spiro atoms. The van der Waals surface area contributed by atoms with Crippen LogP contribution in [0.5, 0.6) is 5.75 Å². The molecule has 8 nitrogen and oxygen atoms in total. The minimum atomic E-state index is -0.429. The number of carbonyl (C=O) groups is 1. The van der Waals surface area contributed by atoms with Crippen molar-refractivity contribution < 1.29 is 9.90 Å². The van der Waals surface area contributed by atoms with Crippen molar-refractivity contribution in [3.05, 3.63) is 37.2 Å². The van der Waals surface area contributed by atoms with Gasteiger partial charge in [-0.25, -0.2) is 9.97 Å². The summed E-state index contributed by atoms with van der Waals surface area (Å²) >= 11 is 0. The summed E-state index contributed by atoms with van der Waals surface area (Å²) < 4.78 is 0.